The number of rotatable bonds is 10. The van der Waals surface area contributed by atoms with E-state index in [1.165, 1.54) is 27.6 Å². The summed E-state index contributed by atoms with van der Waals surface area (Å²) in [6.07, 6.45) is 2.60. The van der Waals surface area contributed by atoms with E-state index in [4.69, 9.17) is 4.74 Å². The van der Waals surface area contributed by atoms with Crippen molar-refractivity contribution in [1.29, 1.82) is 0 Å². The van der Waals surface area contributed by atoms with E-state index in [-0.39, 0.29) is 22.9 Å². The maximum absolute atomic E-state index is 15.1. The lowest BCUT2D eigenvalue weighted by Gasteiger charge is -2.51. The van der Waals surface area contributed by atoms with Crippen LogP contribution >= 0.6 is 0 Å². The van der Waals surface area contributed by atoms with Crippen LogP contribution in [0.25, 0.3) is 0 Å². The van der Waals surface area contributed by atoms with E-state index in [1.807, 2.05) is 16.9 Å². The Morgan fingerprint density at radius 1 is 1.02 bits per heavy atom. The molecule has 0 atom stereocenters. The number of ether oxygens (including phenoxy) is 1. The second kappa shape index (κ2) is 10.6. The zero-order valence-electron chi connectivity index (χ0n) is 22.6. The molecule has 7 nitrogen and oxygen atoms in total. The molecule has 6 rings (SSSR count). The highest BCUT2D eigenvalue weighted by Crippen LogP contribution is 2.46. The second-order valence-electron chi connectivity index (χ2n) is 11.6. The Labute approximate surface area is 235 Å². The molecule has 210 valence electrons. The lowest BCUT2D eigenvalue weighted by atomic mass is 9.79. The van der Waals surface area contributed by atoms with Crippen molar-refractivity contribution < 1.29 is 22.3 Å². The molecule has 0 spiro atoms. The Morgan fingerprint density at radius 3 is 2.15 bits per heavy atom. The van der Waals surface area contributed by atoms with Gasteiger partial charge >= 0.3 is 10.2 Å². The summed E-state index contributed by atoms with van der Waals surface area (Å²) < 4.78 is 49.3. The molecule has 0 bridgehead atoms. The van der Waals surface area contributed by atoms with Crippen LogP contribution in [-0.2, 0) is 10.2 Å². The van der Waals surface area contributed by atoms with Crippen molar-refractivity contribution in [1.82, 2.24) is 13.9 Å². The van der Waals surface area contributed by atoms with Crippen LogP contribution in [0.1, 0.15) is 65.2 Å². The number of nitrogens with one attached hydrogen (secondary N) is 1. The standard InChI is InChI=1S/C31H34FN3O4S/c1-31(19-34(20-31)29(23-9-4-2-5-10-23)24-11-6-3-7-12-24)21-39-28-18-27(32)26(17-25(28)22-13-14-22)30(36)33-40(37,38)35-15-8-16-35/h2-7,9-12,17-18,22,29H,8,13-16,19-21H2,1H3,(H,33,36). The average molecular weight is 564 g/mol. The van der Waals surface area contributed by atoms with Crippen LogP contribution in [-0.4, -0.2) is 56.3 Å². The zero-order valence-corrected chi connectivity index (χ0v) is 23.4. The number of carbonyl (C=O) groups excluding carboxylic acids is 1. The highest BCUT2D eigenvalue weighted by Gasteiger charge is 2.44. The van der Waals surface area contributed by atoms with Gasteiger partial charge in [-0.15, -0.1) is 0 Å². The molecule has 9 heteroatoms. The number of hydrogen-bond acceptors (Lipinski definition) is 5. The Kier molecular flexibility index (Phi) is 7.14. The van der Waals surface area contributed by atoms with Crippen molar-refractivity contribution in [2.75, 3.05) is 32.8 Å². The van der Waals surface area contributed by atoms with Gasteiger partial charge in [-0.05, 0) is 47.9 Å². The van der Waals surface area contributed by atoms with Gasteiger partial charge in [0.2, 0.25) is 0 Å². The predicted octanol–water partition coefficient (Wildman–Crippen LogP) is 4.87. The molecule has 2 saturated heterocycles. The molecule has 1 saturated carbocycles. The predicted molar refractivity (Wildman–Crippen MR) is 151 cm³/mol. The molecule has 2 aliphatic heterocycles. The number of hydrogen-bond donors (Lipinski definition) is 1. The fourth-order valence-electron chi connectivity index (χ4n) is 5.69. The fourth-order valence-corrected chi connectivity index (χ4v) is 6.91. The number of halogens is 1. The Bertz CT molecular complexity index is 1450. The third-order valence-electron chi connectivity index (χ3n) is 8.08. The molecule has 3 aliphatic rings. The quantitative estimate of drug-likeness (QED) is 0.381. The smallest absolute Gasteiger partial charge is 0.304 e. The highest BCUT2D eigenvalue weighted by molar-refractivity contribution is 7.87. The van der Waals surface area contributed by atoms with Gasteiger partial charge < -0.3 is 4.74 Å². The maximum Gasteiger partial charge on any atom is 0.304 e. The van der Waals surface area contributed by atoms with E-state index in [2.05, 4.69) is 60.4 Å². The minimum atomic E-state index is -3.96. The molecular formula is C31H34FN3O4S. The van der Waals surface area contributed by atoms with Gasteiger partial charge in [-0.25, -0.2) is 9.11 Å². The number of amides is 1. The Morgan fingerprint density at radius 2 is 1.62 bits per heavy atom. The number of benzene rings is 3. The van der Waals surface area contributed by atoms with E-state index < -0.39 is 21.9 Å². The maximum atomic E-state index is 15.1. The van der Waals surface area contributed by atoms with Crippen molar-refractivity contribution in [3.8, 4) is 5.75 Å². The number of likely N-dealkylation sites (tertiary alicyclic amines) is 1. The summed E-state index contributed by atoms with van der Waals surface area (Å²) in [7, 11) is -3.96. The molecule has 3 fully saturated rings. The van der Waals surface area contributed by atoms with Gasteiger partial charge in [0, 0.05) is 37.7 Å². The first kappa shape index (κ1) is 26.9. The van der Waals surface area contributed by atoms with Crippen LogP contribution in [0, 0.1) is 11.2 Å². The van der Waals surface area contributed by atoms with E-state index >= 15 is 4.39 Å². The largest absolute Gasteiger partial charge is 0.493 e. The normalized spacial score (nSPS) is 19.1. The molecule has 0 radical (unpaired) electrons. The molecule has 3 aromatic rings. The van der Waals surface area contributed by atoms with Crippen molar-refractivity contribution in [2.45, 2.75) is 38.1 Å². The van der Waals surface area contributed by atoms with Crippen molar-refractivity contribution in [3.63, 3.8) is 0 Å². The first-order valence-corrected chi connectivity index (χ1v) is 15.3. The SMILES string of the molecule is CC1(COc2cc(F)c(C(=O)NS(=O)(=O)N3CCC3)cc2C2CC2)CN(C(c2ccccc2)c2ccccc2)C1. The summed E-state index contributed by atoms with van der Waals surface area (Å²) >= 11 is 0. The fraction of sp³-hybridized carbons (Fsp3) is 0.387. The number of carbonyl (C=O) groups is 1. The summed E-state index contributed by atoms with van der Waals surface area (Å²) in [6, 6.07) is 23.8. The van der Waals surface area contributed by atoms with Gasteiger partial charge in [0.05, 0.1) is 18.2 Å². The summed E-state index contributed by atoms with van der Waals surface area (Å²) in [6.45, 7) is 4.94. The van der Waals surface area contributed by atoms with Crippen LogP contribution in [0.5, 0.6) is 5.75 Å². The summed E-state index contributed by atoms with van der Waals surface area (Å²) in [5, 5.41) is 0. The molecular weight excluding hydrogens is 529 g/mol. The Balaban J connectivity index is 1.15. The van der Waals surface area contributed by atoms with Crippen molar-refractivity contribution in [2.24, 2.45) is 5.41 Å². The summed E-state index contributed by atoms with van der Waals surface area (Å²) in [5.74, 6) is -1.12. The zero-order chi connectivity index (χ0) is 27.9. The van der Waals surface area contributed by atoms with E-state index in [0.717, 1.165) is 37.9 Å². The molecule has 1 aliphatic carbocycles. The molecule has 1 amide bonds. The van der Waals surface area contributed by atoms with E-state index in [1.54, 1.807) is 0 Å². The number of nitrogens with zero attached hydrogens (tertiary/aromatic N) is 2. The third-order valence-corrected chi connectivity index (χ3v) is 9.57. The molecule has 40 heavy (non-hydrogen) atoms. The Hall–Kier alpha value is -3.27. The van der Waals surface area contributed by atoms with Gasteiger partial charge in [0.25, 0.3) is 5.91 Å². The van der Waals surface area contributed by atoms with Crippen LogP contribution < -0.4 is 9.46 Å². The molecule has 2 heterocycles. The second-order valence-corrected chi connectivity index (χ2v) is 13.2. The van der Waals surface area contributed by atoms with Gasteiger partial charge in [0.15, 0.2) is 0 Å². The minimum Gasteiger partial charge on any atom is -0.493 e. The molecule has 1 N–H and O–H groups in total. The van der Waals surface area contributed by atoms with E-state index in [0.29, 0.717) is 25.4 Å². The third kappa shape index (κ3) is 5.50. The molecule has 0 unspecified atom stereocenters. The lowest BCUT2D eigenvalue weighted by molar-refractivity contribution is -0.0379. The minimum absolute atomic E-state index is 0.125. The van der Waals surface area contributed by atoms with Gasteiger partial charge in [-0.3, -0.25) is 9.69 Å². The van der Waals surface area contributed by atoms with Gasteiger partial charge in [0.1, 0.15) is 11.6 Å². The van der Waals surface area contributed by atoms with Gasteiger partial charge in [-0.1, -0.05) is 67.6 Å². The van der Waals surface area contributed by atoms with Crippen LogP contribution in [0.15, 0.2) is 72.8 Å². The summed E-state index contributed by atoms with van der Waals surface area (Å²) in [5.41, 5.74) is 2.84. The van der Waals surface area contributed by atoms with Crippen molar-refractivity contribution in [3.05, 3.63) is 101 Å². The van der Waals surface area contributed by atoms with Crippen LogP contribution in [0.2, 0.25) is 0 Å². The molecule has 3 aromatic carbocycles. The van der Waals surface area contributed by atoms with Gasteiger partial charge in [-0.2, -0.15) is 12.7 Å². The summed E-state index contributed by atoms with van der Waals surface area (Å²) in [4.78, 5) is 15.2. The monoisotopic (exact) mass is 563 g/mol. The van der Waals surface area contributed by atoms with Crippen LogP contribution in [0.4, 0.5) is 4.39 Å². The van der Waals surface area contributed by atoms with E-state index in [9.17, 15) is 13.2 Å². The van der Waals surface area contributed by atoms with Crippen molar-refractivity contribution >= 4 is 16.1 Å². The topological polar surface area (TPSA) is 78.9 Å². The molecule has 0 aromatic heterocycles. The average Bonchev–Trinajstić information content (AvgIpc) is 3.72. The highest BCUT2D eigenvalue weighted by atomic mass is 32.2. The first-order chi connectivity index (χ1) is 19.2. The lowest BCUT2D eigenvalue weighted by Crippen LogP contribution is -2.58. The first-order valence-electron chi connectivity index (χ1n) is 13.8. The van der Waals surface area contributed by atoms with Crippen LogP contribution in [0.3, 0.4) is 0 Å².